The van der Waals surface area contributed by atoms with Crippen LogP contribution in [0.3, 0.4) is 0 Å². The molecule has 228 valence electrons. The zero-order chi connectivity index (χ0) is 30.6. The second-order valence-electron chi connectivity index (χ2n) is 12.9. The molecule has 3 fully saturated rings. The van der Waals surface area contributed by atoms with Crippen LogP contribution < -0.4 is 10.2 Å². The lowest BCUT2D eigenvalue weighted by molar-refractivity contribution is -0.125. The highest BCUT2D eigenvalue weighted by Crippen LogP contribution is 2.53. The third-order valence-corrected chi connectivity index (χ3v) is 9.89. The molecule has 9 heteroatoms. The maximum absolute atomic E-state index is 13.3. The first-order valence-electron chi connectivity index (χ1n) is 15.4. The second-order valence-corrected chi connectivity index (χ2v) is 12.9. The van der Waals surface area contributed by atoms with Crippen LogP contribution in [-0.2, 0) is 9.59 Å². The number of piperidine rings is 1. The minimum Gasteiger partial charge on any atom is -0.370 e. The van der Waals surface area contributed by atoms with Gasteiger partial charge in [0.05, 0.1) is 5.56 Å². The van der Waals surface area contributed by atoms with Gasteiger partial charge in [-0.25, -0.2) is 0 Å². The van der Waals surface area contributed by atoms with Crippen LogP contribution >= 0.6 is 0 Å². The van der Waals surface area contributed by atoms with Crippen molar-refractivity contribution in [1.29, 1.82) is 0 Å². The molecule has 0 bridgehead atoms. The molecule has 2 aromatic rings. The number of nitrogens with zero attached hydrogens (tertiary/aromatic N) is 3. The summed E-state index contributed by atoms with van der Waals surface area (Å²) in [6.07, 6.45) is 7.28. The third-order valence-electron chi connectivity index (χ3n) is 9.89. The molecule has 2 heterocycles. The number of hydrogen-bond acceptors (Lipinski definition) is 7. The Labute approximate surface area is 253 Å². The van der Waals surface area contributed by atoms with E-state index in [1.165, 1.54) is 18.4 Å². The average Bonchev–Trinajstić information content (AvgIpc) is 2.99. The van der Waals surface area contributed by atoms with Gasteiger partial charge in [-0.2, -0.15) is 0 Å². The van der Waals surface area contributed by atoms with Crippen LogP contribution in [0.25, 0.3) is 0 Å². The molecule has 0 radical (unpaired) electrons. The number of carbonyl (C=O) groups is 5. The van der Waals surface area contributed by atoms with Gasteiger partial charge in [0, 0.05) is 61.4 Å². The third kappa shape index (κ3) is 6.88. The Bertz CT molecular complexity index is 1340. The summed E-state index contributed by atoms with van der Waals surface area (Å²) in [6.45, 7) is 7.18. The number of imide groups is 1. The fourth-order valence-corrected chi connectivity index (χ4v) is 7.25. The second kappa shape index (κ2) is 13.2. The molecule has 9 nitrogen and oxygen atoms in total. The van der Waals surface area contributed by atoms with E-state index in [0.29, 0.717) is 41.6 Å². The molecule has 1 aliphatic carbocycles. The lowest BCUT2D eigenvalue weighted by Gasteiger charge is -2.60. The Morgan fingerprint density at radius 3 is 2.35 bits per heavy atom. The van der Waals surface area contributed by atoms with E-state index in [1.54, 1.807) is 18.0 Å². The van der Waals surface area contributed by atoms with Crippen molar-refractivity contribution >= 4 is 36.5 Å². The number of aldehydes is 2. The van der Waals surface area contributed by atoms with Gasteiger partial charge < -0.3 is 14.7 Å². The summed E-state index contributed by atoms with van der Waals surface area (Å²) in [5.41, 5.74) is 4.11. The van der Waals surface area contributed by atoms with E-state index in [9.17, 15) is 24.0 Å². The molecule has 2 aromatic carbocycles. The van der Waals surface area contributed by atoms with Crippen molar-refractivity contribution < 1.29 is 24.0 Å². The first-order chi connectivity index (χ1) is 20.7. The van der Waals surface area contributed by atoms with Crippen molar-refractivity contribution in [2.24, 2.45) is 11.3 Å². The Hall–Kier alpha value is -3.85. The summed E-state index contributed by atoms with van der Waals surface area (Å²) < 4.78 is 0. The molecular formula is C34H42N4O5. The Balaban J connectivity index is 1.09. The van der Waals surface area contributed by atoms with E-state index in [0.717, 1.165) is 69.0 Å². The average molecular weight is 587 g/mol. The van der Waals surface area contributed by atoms with Crippen molar-refractivity contribution in [3.05, 3.63) is 64.7 Å². The minimum atomic E-state index is -0.383. The summed E-state index contributed by atoms with van der Waals surface area (Å²) in [4.78, 5) is 64.6. The van der Waals surface area contributed by atoms with E-state index >= 15 is 0 Å². The molecule has 1 unspecified atom stereocenters. The van der Waals surface area contributed by atoms with E-state index in [-0.39, 0.29) is 24.3 Å². The molecule has 3 amide bonds. The number of rotatable bonds is 12. The summed E-state index contributed by atoms with van der Waals surface area (Å²) in [6, 6.07) is 13.3. The molecule has 3 aliphatic rings. The first kappa shape index (κ1) is 30.6. The highest BCUT2D eigenvalue weighted by molar-refractivity contribution is 6.02. The van der Waals surface area contributed by atoms with Crippen molar-refractivity contribution in [2.75, 3.05) is 44.7 Å². The predicted molar refractivity (Wildman–Crippen MR) is 164 cm³/mol. The molecular weight excluding hydrogens is 544 g/mol. The molecule has 1 spiro atoms. The number of hydrogen-bond donors (Lipinski definition) is 1. The molecule has 2 saturated heterocycles. The highest BCUT2D eigenvalue weighted by Gasteiger charge is 2.52. The molecule has 2 aliphatic heterocycles. The summed E-state index contributed by atoms with van der Waals surface area (Å²) >= 11 is 0. The van der Waals surface area contributed by atoms with Gasteiger partial charge in [-0.15, -0.1) is 0 Å². The van der Waals surface area contributed by atoms with E-state index in [4.69, 9.17) is 0 Å². The lowest BCUT2D eigenvalue weighted by atomic mass is 9.57. The number of likely N-dealkylation sites (tertiary alicyclic amines) is 1. The van der Waals surface area contributed by atoms with Crippen LogP contribution in [0.2, 0.25) is 0 Å². The SMILES string of the molecule is CC(CCC(=O)NC=O)N(C)C(=O)c1cc(N2CC3(CC(CN4CCC(c5ccc(C=O)cc5)CC4)C3)C2)ccc1C=O. The quantitative estimate of drug-likeness (QED) is 0.376. The summed E-state index contributed by atoms with van der Waals surface area (Å²) in [5, 5.41) is 2.12. The van der Waals surface area contributed by atoms with Crippen molar-refractivity contribution in [3.63, 3.8) is 0 Å². The number of anilines is 1. The van der Waals surface area contributed by atoms with Crippen molar-refractivity contribution in [2.45, 2.75) is 57.4 Å². The van der Waals surface area contributed by atoms with E-state index in [2.05, 4.69) is 27.2 Å². The van der Waals surface area contributed by atoms with Crippen LogP contribution in [0.5, 0.6) is 0 Å². The van der Waals surface area contributed by atoms with E-state index < -0.39 is 0 Å². The maximum Gasteiger partial charge on any atom is 0.254 e. The number of carbonyl (C=O) groups excluding carboxylic acids is 5. The number of nitrogens with one attached hydrogen (secondary N) is 1. The van der Waals surface area contributed by atoms with Gasteiger partial charge in [-0.1, -0.05) is 24.3 Å². The Morgan fingerprint density at radius 1 is 1.02 bits per heavy atom. The monoisotopic (exact) mass is 586 g/mol. The molecule has 5 rings (SSSR count). The first-order valence-corrected chi connectivity index (χ1v) is 15.4. The summed E-state index contributed by atoms with van der Waals surface area (Å²) in [5.74, 6) is 0.661. The molecule has 1 atom stereocenters. The smallest absolute Gasteiger partial charge is 0.254 e. The molecule has 1 N–H and O–H groups in total. The van der Waals surface area contributed by atoms with Crippen molar-refractivity contribution in [1.82, 2.24) is 15.1 Å². The maximum atomic E-state index is 13.3. The van der Waals surface area contributed by atoms with E-state index in [1.807, 2.05) is 31.2 Å². The fourth-order valence-electron chi connectivity index (χ4n) is 7.25. The van der Waals surface area contributed by atoms with Crippen molar-refractivity contribution in [3.8, 4) is 0 Å². The largest absolute Gasteiger partial charge is 0.370 e. The van der Waals surface area contributed by atoms with Gasteiger partial charge >= 0.3 is 0 Å². The minimum absolute atomic E-state index is 0.130. The topological polar surface area (TPSA) is 107 Å². The molecule has 43 heavy (non-hydrogen) atoms. The Kier molecular flexibility index (Phi) is 9.40. The van der Waals surface area contributed by atoms with Gasteiger partial charge in [0.2, 0.25) is 12.3 Å². The van der Waals surface area contributed by atoms with Gasteiger partial charge in [-0.3, -0.25) is 29.3 Å². The number of amides is 3. The highest BCUT2D eigenvalue weighted by atomic mass is 16.2. The normalized spacial score (nSPS) is 19.2. The van der Waals surface area contributed by atoms with Gasteiger partial charge in [-0.05, 0) is 87.7 Å². The summed E-state index contributed by atoms with van der Waals surface area (Å²) in [7, 11) is 1.67. The van der Waals surface area contributed by atoms with Gasteiger partial charge in [0.15, 0.2) is 6.29 Å². The zero-order valence-corrected chi connectivity index (χ0v) is 25.2. The van der Waals surface area contributed by atoms with Crippen LogP contribution in [0.4, 0.5) is 5.69 Å². The predicted octanol–water partition coefficient (Wildman–Crippen LogP) is 3.92. The van der Waals surface area contributed by atoms with Crippen LogP contribution in [0.15, 0.2) is 42.5 Å². The zero-order valence-electron chi connectivity index (χ0n) is 25.2. The van der Waals surface area contributed by atoms with Gasteiger partial charge in [0.1, 0.15) is 6.29 Å². The van der Waals surface area contributed by atoms with Crippen LogP contribution in [0.1, 0.15) is 88.0 Å². The van der Waals surface area contributed by atoms with Crippen LogP contribution in [0, 0.1) is 11.3 Å². The standard InChI is InChI=1S/C34H42N4O5/c1-24(3-10-32(42)35-23-41)36(2)33(43)31-15-30(9-8-29(31)20-40)38-21-34(22-38)16-26(17-34)18-37-13-11-28(12-14-37)27-6-4-25(19-39)5-7-27/h4-9,15,19-20,23-24,26,28H,3,10-14,16-18,21-22H2,1-2H3,(H,35,41,42). The van der Waals surface area contributed by atoms with Crippen LogP contribution in [-0.4, -0.2) is 86.4 Å². The Morgan fingerprint density at radius 2 is 1.72 bits per heavy atom. The molecule has 0 aromatic heterocycles. The number of benzene rings is 2. The fraction of sp³-hybridized carbons (Fsp3) is 0.500. The molecule has 1 saturated carbocycles. The lowest BCUT2D eigenvalue weighted by Crippen LogP contribution is -2.63. The van der Waals surface area contributed by atoms with Gasteiger partial charge in [0.25, 0.3) is 5.91 Å².